The summed E-state index contributed by atoms with van der Waals surface area (Å²) >= 11 is 0. The van der Waals surface area contributed by atoms with Gasteiger partial charge in [-0.2, -0.15) is 5.10 Å². The summed E-state index contributed by atoms with van der Waals surface area (Å²) in [5.41, 5.74) is 0.138. The lowest BCUT2D eigenvalue weighted by Crippen LogP contribution is -2.47. The van der Waals surface area contributed by atoms with E-state index in [1.165, 1.54) is 14.2 Å². The summed E-state index contributed by atoms with van der Waals surface area (Å²) in [5.74, 6) is -1.97. The molecule has 8 nitrogen and oxygen atoms in total. The highest BCUT2D eigenvalue weighted by Crippen LogP contribution is 2.07. The van der Waals surface area contributed by atoms with Gasteiger partial charge in [0.2, 0.25) is 5.91 Å². The van der Waals surface area contributed by atoms with Crippen molar-refractivity contribution >= 4 is 23.5 Å². The van der Waals surface area contributed by atoms with Crippen molar-refractivity contribution in [3.8, 4) is 0 Å². The molecule has 2 amide bonds. The molecule has 0 saturated carbocycles. The van der Waals surface area contributed by atoms with Gasteiger partial charge in [-0.15, -0.1) is 0 Å². The molecule has 0 aliphatic carbocycles. The Labute approximate surface area is 104 Å². The number of carbonyl (C=O) groups is 3. The molecule has 0 spiro atoms. The molecule has 0 radical (unpaired) electrons. The number of methoxy groups -OCH3 is 1. The van der Waals surface area contributed by atoms with Gasteiger partial charge in [-0.1, -0.05) is 0 Å². The van der Waals surface area contributed by atoms with Gasteiger partial charge in [0.15, 0.2) is 6.04 Å². The van der Waals surface area contributed by atoms with Gasteiger partial charge < -0.3 is 15.2 Å². The molecule has 0 saturated heterocycles. The smallest absolute Gasteiger partial charge is 0.328 e. The van der Waals surface area contributed by atoms with Gasteiger partial charge in [-0.25, -0.2) is 9.80 Å². The van der Waals surface area contributed by atoms with Gasteiger partial charge in [-0.05, 0) is 0 Å². The lowest BCUT2D eigenvalue weighted by Gasteiger charge is -2.20. The van der Waals surface area contributed by atoms with Crippen molar-refractivity contribution in [1.29, 1.82) is 0 Å². The lowest BCUT2D eigenvalue weighted by molar-refractivity contribution is -0.142. The van der Waals surface area contributed by atoms with Crippen LogP contribution in [-0.2, 0) is 19.1 Å². The summed E-state index contributed by atoms with van der Waals surface area (Å²) in [6.45, 7) is -0.136. The zero-order valence-corrected chi connectivity index (χ0v) is 10.2. The second-order valence-corrected chi connectivity index (χ2v) is 3.78. The number of ether oxygens (including phenoxy) is 1. The Hall–Kier alpha value is -1.96. The Kier molecular flexibility index (Phi) is 4.78. The number of hydrogen-bond acceptors (Lipinski definition) is 5. The minimum absolute atomic E-state index is 0.136. The number of rotatable bonds is 5. The first-order valence-electron chi connectivity index (χ1n) is 5.32. The first-order valence-corrected chi connectivity index (χ1v) is 5.32. The van der Waals surface area contributed by atoms with E-state index in [0.717, 1.165) is 5.01 Å². The fourth-order valence-electron chi connectivity index (χ4n) is 1.42. The highest BCUT2D eigenvalue weighted by molar-refractivity contribution is 6.39. The van der Waals surface area contributed by atoms with E-state index in [0.29, 0.717) is 0 Å². The minimum Gasteiger partial charge on any atom is -0.480 e. The number of hydrazone groups is 1. The van der Waals surface area contributed by atoms with Crippen LogP contribution in [0.5, 0.6) is 0 Å². The number of carboxylic acids is 1. The molecule has 1 heterocycles. The van der Waals surface area contributed by atoms with Crippen LogP contribution in [0.1, 0.15) is 12.8 Å². The number of carboxylic acid groups (broad SMARTS) is 1. The summed E-state index contributed by atoms with van der Waals surface area (Å²) in [6, 6.07) is -1.13. The molecule has 1 unspecified atom stereocenters. The van der Waals surface area contributed by atoms with Crippen LogP contribution >= 0.6 is 0 Å². The molecular formula is C10H15N3O5. The Morgan fingerprint density at radius 1 is 1.56 bits per heavy atom. The molecule has 8 heteroatoms. The van der Waals surface area contributed by atoms with Crippen molar-refractivity contribution in [2.45, 2.75) is 18.9 Å². The van der Waals surface area contributed by atoms with Crippen LogP contribution in [0, 0.1) is 0 Å². The molecule has 0 bridgehead atoms. The van der Waals surface area contributed by atoms with Gasteiger partial charge in [0.05, 0.1) is 6.61 Å². The molecular weight excluding hydrogens is 242 g/mol. The second-order valence-electron chi connectivity index (χ2n) is 3.78. The molecule has 2 N–H and O–H groups in total. The zero-order chi connectivity index (χ0) is 13.7. The predicted molar refractivity (Wildman–Crippen MR) is 60.9 cm³/mol. The molecule has 0 aromatic rings. The quantitative estimate of drug-likeness (QED) is 0.643. The fourth-order valence-corrected chi connectivity index (χ4v) is 1.42. The van der Waals surface area contributed by atoms with Crippen LogP contribution in [0.25, 0.3) is 0 Å². The van der Waals surface area contributed by atoms with E-state index >= 15 is 0 Å². The molecule has 0 fully saturated rings. The van der Waals surface area contributed by atoms with Crippen molar-refractivity contribution in [2.24, 2.45) is 5.10 Å². The average Bonchev–Trinajstić information content (AvgIpc) is 2.31. The molecule has 18 heavy (non-hydrogen) atoms. The molecule has 1 aliphatic heterocycles. The minimum atomic E-state index is -1.19. The van der Waals surface area contributed by atoms with E-state index in [1.54, 1.807) is 0 Å². The van der Waals surface area contributed by atoms with Crippen LogP contribution in [-0.4, -0.2) is 60.4 Å². The van der Waals surface area contributed by atoms with Gasteiger partial charge in [0, 0.05) is 27.0 Å². The maximum absolute atomic E-state index is 11.7. The summed E-state index contributed by atoms with van der Waals surface area (Å²) in [4.78, 5) is 33.7. The molecule has 100 valence electrons. The predicted octanol–water partition coefficient (Wildman–Crippen LogP) is -1.19. The van der Waals surface area contributed by atoms with Gasteiger partial charge in [0.25, 0.3) is 5.91 Å². The number of amides is 2. The van der Waals surface area contributed by atoms with Crippen LogP contribution in [0.2, 0.25) is 0 Å². The van der Waals surface area contributed by atoms with Crippen molar-refractivity contribution in [3.63, 3.8) is 0 Å². The van der Waals surface area contributed by atoms with E-state index in [-0.39, 0.29) is 31.1 Å². The summed E-state index contributed by atoms with van der Waals surface area (Å²) in [7, 11) is 2.78. The third-order valence-electron chi connectivity index (χ3n) is 2.41. The van der Waals surface area contributed by atoms with Crippen molar-refractivity contribution in [1.82, 2.24) is 10.3 Å². The highest BCUT2D eigenvalue weighted by atomic mass is 16.5. The van der Waals surface area contributed by atoms with E-state index in [1.807, 2.05) is 0 Å². The summed E-state index contributed by atoms with van der Waals surface area (Å²) in [6.07, 6.45) is 0.388. The first-order chi connectivity index (χ1) is 8.45. The first kappa shape index (κ1) is 14.1. The number of nitrogens with zero attached hydrogens (tertiary/aromatic N) is 2. The van der Waals surface area contributed by atoms with Crippen LogP contribution in [0.4, 0.5) is 0 Å². The molecule has 1 rings (SSSR count). The second kappa shape index (κ2) is 6.10. The van der Waals surface area contributed by atoms with E-state index in [9.17, 15) is 14.4 Å². The van der Waals surface area contributed by atoms with Gasteiger partial charge in [-0.3, -0.25) is 9.59 Å². The van der Waals surface area contributed by atoms with Crippen LogP contribution in [0.3, 0.4) is 0 Å². The van der Waals surface area contributed by atoms with E-state index in [4.69, 9.17) is 9.84 Å². The number of aliphatic carboxylic acids is 1. The van der Waals surface area contributed by atoms with Crippen LogP contribution < -0.4 is 5.32 Å². The fraction of sp³-hybridized carbons (Fsp3) is 0.600. The molecule has 1 atom stereocenters. The topological polar surface area (TPSA) is 108 Å². The maximum atomic E-state index is 11.7. The summed E-state index contributed by atoms with van der Waals surface area (Å²) in [5, 5.41) is 16.0. The highest BCUT2D eigenvalue weighted by Gasteiger charge is 2.26. The molecule has 1 aliphatic rings. The number of nitrogens with one attached hydrogen (secondary N) is 1. The average molecular weight is 257 g/mol. The molecule has 0 aromatic carbocycles. The molecule has 0 aromatic heterocycles. The van der Waals surface area contributed by atoms with Gasteiger partial charge in [0.1, 0.15) is 5.71 Å². The SMILES string of the molecule is COCC(NC(=O)C1=NN(C)C(=O)CC1)C(=O)O. The largest absolute Gasteiger partial charge is 0.480 e. The Morgan fingerprint density at radius 3 is 2.72 bits per heavy atom. The Balaban J connectivity index is 2.67. The standard InChI is InChI=1S/C10H15N3O5/c1-13-8(14)4-3-6(12-13)9(15)11-7(5-18-2)10(16)17/h7H,3-5H2,1-2H3,(H,11,15)(H,16,17). The lowest BCUT2D eigenvalue weighted by atomic mass is 10.1. The van der Waals surface area contributed by atoms with Crippen LogP contribution in [0.15, 0.2) is 5.10 Å². The normalized spacial score (nSPS) is 17.1. The summed E-state index contributed by atoms with van der Waals surface area (Å²) < 4.78 is 4.69. The van der Waals surface area contributed by atoms with E-state index < -0.39 is 17.9 Å². The monoisotopic (exact) mass is 257 g/mol. The van der Waals surface area contributed by atoms with Gasteiger partial charge >= 0.3 is 5.97 Å². The third kappa shape index (κ3) is 3.52. The van der Waals surface area contributed by atoms with Crippen molar-refractivity contribution in [2.75, 3.05) is 20.8 Å². The number of carbonyl (C=O) groups excluding carboxylic acids is 2. The maximum Gasteiger partial charge on any atom is 0.328 e. The Bertz CT molecular complexity index is 393. The Morgan fingerprint density at radius 2 is 2.22 bits per heavy atom. The van der Waals surface area contributed by atoms with Crippen molar-refractivity contribution < 1.29 is 24.2 Å². The third-order valence-corrected chi connectivity index (χ3v) is 2.41. The van der Waals surface area contributed by atoms with Crippen molar-refractivity contribution in [3.05, 3.63) is 0 Å². The zero-order valence-electron chi connectivity index (χ0n) is 10.2. The number of hydrogen-bond donors (Lipinski definition) is 2. The van der Waals surface area contributed by atoms with E-state index in [2.05, 4.69) is 10.4 Å².